The summed E-state index contributed by atoms with van der Waals surface area (Å²) >= 11 is 0. The number of carbonyl (C=O) groups excluding carboxylic acids is 2. The summed E-state index contributed by atoms with van der Waals surface area (Å²) in [5.41, 5.74) is 2.36. The van der Waals surface area contributed by atoms with Gasteiger partial charge in [0, 0.05) is 46.3 Å². The van der Waals surface area contributed by atoms with E-state index in [2.05, 4.69) is 10.2 Å². The second-order valence-corrected chi connectivity index (χ2v) is 8.43. The van der Waals surface area contributed by atoms with Gasteiger partial charge in [-0.05, 0) is 43.4 Å². The van der Waals surface area contributed by atoms with E-state index in [9.17, 15) is 14.4 Å². The molecule has 0 saturated carbocycles. The van der Waals surface area contributed by atoms with Crippen molar-refractivity contribution in [1.29, 1.82) is 0 Å². The number of benzene rings is 1. The lowest BCUT2D eigenvalue weighted by atomic mass is 10.1. The quantitative estimate of drug-likeness (QED) is 0.494. The van der Waals surface area contributed by atoms with Gasteiger partial charge in [-0.15, -0.1) is 0 Å². The number of ether oxygens (including phenoxy) is 1. The highest BCUT2D eigenvalue weighted by molar-refractivity contribution is 6.00. The number of aliphatic hydroxyl groups excluding tert-OH is 1. The second kappa shape index (κ2) is 9.33. The molecule has 9 nitrogen and oxygen atoms in total. The summed E-state index contributed by atoms with van der Waals surface area (Å²) in [6.45, 7) is 3.44. The van der Waals surface area contributed by atoms with Crippen LogP contribution in [0.3, 0.4) is 0 Å². The van der Waals surface area contributed by atoms with E-state index in [4.69, 9.17) is 9.84 Å². The molecule has 2 N–H and O–H groups in total. The highest BCUT2D eigenvalue weighted by Gasteiger charge is 2.31. The van der Waals surface area contributed by atoms with E-state index in [0.717, 1.165) is 43.6 Å². The lowest BCUT2D eigenvalue weighted by Gasteiger charge is -2.32. The van der Waals surface area contributed by atoms with Gasteiger partial charge in [0.05, 0.1) is 17.1 Å². The van der Waals surface area contributed by atoms with Crippen LogP contribution in [0.1, 0.15) is 43.7 Å². The Balaban J connectivity index is 1.47. The molecular formula is C22H30N4O5. The third kappa shape index (κ3) is 4.58. The van der Waals surface area contributed by atoms with Crippen molar-refractivity contribution in [1.82, 2.24) is 19.4 Å². The van der Waals surface area contributed by atoms with Gasteiger partial charge in [-0.1, -0.05) is 6.07 Å². The summed E-state index contributed by atoms with van der Waals surface area (Å²) in [4.78, 5) is 39.1. The van der Waals surface area contributed by atoms with Crippen molar-refractivity contribution in [3.05, 3.63) is 34.2 Å². The SMILES string of the molecule is Cn1c(=O)n(C2CCC(=O)NC2=O)c2ccc(CN3CCC(OCCCO)CC3)cc21. The number of nitrogens with zero attached hydrogens (tertiary/aromatic N) is 3. The molecule has 1 aromatic carbocycles. The number of aliphatic hydroxyl groups is 1. The van der Waals surface area contributed by atoms with Crippen molar-refractivity contribution in [3.8, 4) is 0 Å². The number of imidazole rings is 1. The summed E-state index contributed by atoms with van der Waals surface area (Å²) in [7, 11) is 1.71. The van der Waals surface area contributed by atoms with Crippen molar-refractivity contribution in [3.63, 3.8) is 0 Å². The molecule has 3 heterocycles. The Morgan fingerprint density at radius 2 is 1.90 bits per heavy atom. The molecule has 1 unspecified atom stereocenters. The monoisotopic (exact) mass is 430 g/mol. The molecule has 0 spiro atoms. The van der Waals surface area contributed by atoms with Crippen LogP contribution in [0.15, 0.2) is 23.0 Å². The normalized spacial score (nSPS) is 21.0. The van der Waals surface area contributed by atoms with E-state index >= 15 is 0 Å². The second-order valence-electron chi connectivity index (χ2n) is 8.43. The number of hydrogen-bond acceptors (Lipinski definition) is 6. The molecule has 2 amide bonds. The van der Waals surface area contributed by atoms with Gasteiger partial charge in [-0.25, -0.2) is 4.79 Å². The molecule has 2 aromatic rings. The molecule has 1 aromatic heterocycles. The average molecular weight is 431 g/mol. The average Bonchev–Trinajstić information content (AvgIpc) is 3.00. The van der Waals surface area contributed by atoms with Crippen molar-refractivity contribution in [2.75, 3.05) is 26.3 Å². The molecule has 0 radical (unpaired) electrons. The van der Waals surface area contributed by atoms with Crippen molar-refractivity contribution in [2.24, 2.45) is 7.05 Å². The Morgan fingerprint density at radius 3 is 2.61 bits per heavy atom. The summed E-state index contributed by atoms with van der Waals surface area (Å²) in [5.74, 6) is -0.710. The van der Waals surface area contributed by atoms with E-state index in [1.807, 2.05) is 18.2 Å². The number of hydrogen-bond donors (Lipinski definition) is 2. The first-order valence-electron chi connectivity index (χ1n) is 11.0. The lowest BCUT2D eigenvalue weighted by molar-refractivity contribution is -0.135. The molecule has 9 heteroatoms. The summed E-state index contributed by atoms with van der Waals surface area (Å²) in [6.07, 6.45) is 3.44. The maximum absolute atomic E-state index is 12.9. The summed E-state index contributed by atoms with van der Waals surface area (Å²) in [6, 6.07) is 5.27. The fourth-order valence-electron chi connectivity index (χ4n) is 4.54. The van der Waals surface area contributed by atoms with Crippen molar-refractivity contribution in [2.45, 2.75) is 50.8 Å². The molecule has 0 aliphatic carbocycles. The van der Waals surface area contributed by atoms with Crippen LogP contribution in [-0.4, -0.2) is 63.4 Å². The van der Waals surface area contributed by atoms with Crippen LogP contribution < -0.4 is 11.0 Å². The van der Waals surface area contributed by atoms with Gasteiger partial charge in [0.15, 0.2) is 0 Å². The zero-order valence-electron chi connectivity index (χ0n) is 17.9. The van der Waals surface area contributed by atoms with E-state index < -0.39 is 11.9 Å². The number of aromatic nitrogens is 2. The Labute approximate surface area is 180 Å². The number of rotatable bonds is 7. The fourth-order valence-corrected chi connectivity index (χ4v) is 4.54. The van der Waals surface area contributed by atoms with Gasteiger partial charge in [0.25, 0.3) is 0 Å². The van der Waals surface area contributed by atoms with E-state index in [1.54, 1.807) is 11.6 Å². The number of amides is 2. The topological polar surface area (TPSA) is 106 Å². The van der Waals surface area contributed by atoms with Gasteiger partial charge >= 0.3 is 5.69 Å². The Hall–Kier alpha value is -2.49. The van der Waals surface area contributed by atoms with Crippen LogP contribution in [-0.2, 0) is 27.9 Å². The minimum atomic E-state index is -0.662. The number of carbonyl (C=O) groups is 2. The molecule has 4 rings (SSSR count). The predicted molar refractivity (Wildman–Crippen MR) is 115 cm³/mol. The third-order valence-electron chi connectivity index (χ3n) is 6.27. The van der Waals surface area contributed by atoms with Crippen LogP contribution in [0.5, 0.6) is 0 Å². The molecule has 2 aliphatic heterocycles. The molecule has 2 saturated heterocycles. The fraction of sp³-hybridized carbons (Fsp3) is 0.591. The van der Waals surface area contributed by atoms with Gasteiger partial charge in [0.2, 0.25) is 11.8 Å². The predicted octanol–water partition coefficient (Wildman–Crippen LogP) is 0.681. The van der Waals surface area contributed by atoms with Crippen LogP contribution in [0.25, 0.3) is 11.0 Å². The molecule has 0 bridgehead atoms. The number of fused-ring (bicyclic) bond motifs is 1. The van der Waals surface area contributed by atoms with E-state index in [1.165, 1.54) is 4.57 Å². The molecule has 2 aliphatic rings. The Morgan fingerprint density at radius 1 is 1.13 bits per heavy atom. The molecule has 1 atom stereocenters. The highest BCUT2D eigenvalue weighted by atomic mass is 16.5. The smallest absolute Gasteiger partial charge is 0.329 e. The minimum Gasteiger partial charge on any atom is -0.396 e. The van der Waals surface area contributed by atoms with Crippen molar-refractivity contribution >= 4 is 22.8 Å². The van der Waals surface area contributed by atoms with E-state index in [0.29, 0.717) is 25.0 Å². The Kier molecular flexibility index (Phi) is 6.54. The van der Waals surface area contributed by atoms with Gasteiger partial charge in [-0.2, -0.15) is 0 Å². The van der Waals surface area contributed by atoms with Crippen LogP contribution in [0, 0.1) is 0 Å². The summed E-state index contributed by atoms with van der Waals surface area (Å²) < 4.78 is 8.89. The summed E-state index contributed by atoms with van der Waals surface area (Å²) in [5, 5.41) is 11.2. The number of likely N-dealkylation sites (tertiary alicyclic amines) is 1. The number of imide groups is 1. The lowest BCUT2D eigenvalue weighted by Crippen LogP contribution is -2.44. The highest BCUT2D eigenvalue weighted by Crippen LogP contribution is 2.24. The zero-order chi connectivity index (χ0) is 22.0. The first-order chi connectivity index (χ1) is 15.0. The number of piperidine rings is 2. The maximum atomic E-state index is 12.9. The number of nitrogens with one attached hydrogen (secondary N) is 1. The number of aryl methyl sites for hydroxylation is 1. The third-order valence-corrected chi connectivity index (χ3v) is 6.27. The van der Waals surface area contributed by atoms with Crippen molar-refractivity contribution < 1.29 is 19.4 Å². The molecule has 168 valence electrons. The first kappa shape index (κ1) is 21.7. The zero-order valence-corrected chi connectivity index (χ0v) is 17.9. The van der Waals surface area contributed by atoms with Gasteiger partial charge < -0.3 is 9.84 Å². The molecule has 2 fully saturated rings. The Bertz CT molecular complexity index is 1020. The van der Waals surface area contributed by atoms with Gasteiger partial charge in [0.1, 0.15) is 6.04 Å². The molecular weight excluding hydrogens is 400 g/mol. The maximum Gasteiger partial charge on any atom is 0.329 e. The van der Waals surface area contributed by atoms with E-state index in [-0.39, 0.29) is 30.7 Å². The standard InChI is InChI=1S/C22H30N4O5/c1-24-19-13-15(14-25-9-7-16(8-10-25)31-12-2-11-27)3-4-17(19)26(22(24)30)18-5-6-20(28)23-21(18)29/h3-4,13,16,18,27H,2,5-12,14H2,1H3,(H,23,28,29). The molecule has 31 heavy (non-hydrogen) atoms. The van der Waals surface area contributed by atoms with Crippen LogP contribution in [0.4, 0.5) is 0 Å². The van der Waals surface area contributed by atoms with Crippen LogP contribution in [0.2, 0.25) is 0 Å². The van der Waals surface area contributed by atoms with Gasteiger partial charge in [-0.3, -0.25) is 28.9 Å². The largest absolute Gasteiger partial charge is 0.396 e. The minimum absolute atomic E-state index is 0.162. The first-order valence-corrected chi connectivity index (χ1v) is 11.0. The van der Waals surface area contributed by atoms with Crippen LogP contribution >= 0.6 is 0 Å².